The quantitative estimate of drug-likeness (QED) is 0.817. The fourth-order valence-electron chi connectivity index (χ4n) is 3.98. The Morgan fingerprint density at radius 3 is 2.90 bits per heavy atom. The molecule has 1 amide bonds. The van der Waals surface area contributed by atoms with Crippen molar-refractivity contribution < 1.29 is 14.7 Å². The summed E-state index contributed by atoms with van der Waals surface area (Å²) in [6.45, 7) is 2.93. The minimum absolute atomic E-state index is 0.0173. The van der Waals surface area contributed by atoms with Crippen LogP contribution in [-0.4, -0.2) is 51.6 Å². The highest BCUT2D eigenvalue weighted by Crippen LogP contribution is 2.40. The van der Waals surface area contributed by atoms with Crippen molar-refractivity contribution in [3.8, 4) is 0 Å². The number of fused-ring (bicyclic) bond motifs is 1. The van der Waals surface area contributed by atoms with Crippen molar-refractivity contribution in [1.29, 1.82) is 0 Å². The molecule has 1 aliphatic carbocycles. The molecular weight excluding hydrogens is 276 g/mol. The minimum Gasteiger partial charge on any atom is -0.480 e. The maximum absolute atomic E-state index is 12.9. The first-order valence-electron chi connectivity index (χ1n) is 7.53. The lowest BCUT2D eigenvalue weighted by Gasteiger charge is -2.31. The van der Waals surface area contributed by atoms with E-state index in [4.69, 9.17) is 0 Å². The Balaban J connectivity index is 1.78. The normalized spacial score (nSPS) is 40.0. The van der Waals surface area contributed by atoms with Gasteiger partial charge in [-0.2, -0.15) is 0 Å². The van der Waals surface area contributed by atoms with Crippen LogP contribution in [0.2, 0.25) is 0 Å². The first kappa shape index (κ1) is 14.2. The number of carbonyl (C=O) groups is 2. The summed E-state index contributed by atoms with van der Waals surface area (Å²) in [5.41, 5.74) is 0. The molecule has 3 rings (SSSR count). The molecule has 1 saturated carbocycles. The van der Waals surface area contributed by atoms with Gasteiger partial charge in [-0.1, -0.05) is 13.3 Å². The Morgan fingerprint density at radius 1 is 1.40 bits per heavy atom. The molecule has 2 N–H and O–H groups in total. The van der Waals surface area contributed by atoms with Crippen molar-refractivity contribution in [3.63, 3.8) is 0 Å². The van der Waals surface area contributed by atoms with Crippen LogP contribution in [0, 0.1) is 11.8 Å². The van der Waals surface area contributed by atoms with Gasteiger partial charge in [0.15, 0.2) is 0 Å². The molecule has 0 aromatic heterocycles. The average molecular weight is 298 g/mol. The van der Waals surface area contributed by atoms with Gasteiger partial charge in [-0.25, -0.2) is 4.79 Å². The summed E-state index contributed by atoms with van der Waals surface area (Å²) in [5.74, 6) is 0.689. The van der Waals surface area contributed by atoms with E-state index in [1.165, 1.54) is 12.8 Å². The third kappa shape index (κ3) is 2.22. The fourth-order valence-corrected chi connectivity index (χ4v) is 5.34. The molecule has 2 saturated heterocycles. The predicted molar refractivity (Wildman–Crippen MR) is 77.4 cm³/mol. The van der Waals surface area contributed by atoms with Crippen LogP contribution in [0.1, 0.15) is 32.6 Å². The summed E-state index contributed by atoms with van der Waals surface area (Å²) in [4.78, 5) is 25.9. The third-order valence-corrected chi connectivity index (χ3v) is 6.45. The molecule has 5 unspecified atom stereocenters. The second-order valence-electron chi connectivity index (χ2n) is 6.04. The lowest BCUT2D eigenvalue weighted by Crippen LogP contribution is -2.53. The fraction of sp³-hybridized carbons (Fsp3) is 0.857. The first-order valence-corrected chi connectivity index (χ1v) is 8.58. The molecule has 0 aromatic carbocycles. The van der Waals surface area contributed by atoms with Crippen LogP contribution in [-0.2, 0) is 9.59 Å². The highest BCUT2D eigenvalue weighted by molar-refractivity contribution is 8.00. The number of nitrogens with zero attached hydrogens (tertiary/aromatic N) is 1. The van der Waals surface area contributed by atoms with Gasteiger partial charge in [0.2, 0.25) is 5.91 Å². The molecule has 0 radical (unpaired) electrons. The minimum atomic E-state index is -0.872. The summed E-state index contributed by atoms with van der Waals surface area (Å²) >= 11 is 1.60. The number of carbonyl (C=O) groups excluding carboxylic acids is 1. The van der Waals surface area contributed by atoms with E-state index in [0.717, 1.165) is 19.4 Å². The third-order valence-electron chi connectivity index (χ3n) is 4.99. The number of hydrogen-bond acceptors (Lipinski definition) is 4. The number of carboxylic acid groups (broad SMARTS) is 1. The lowest BCUT2D eigenvalue weighted by molar-refractivity contribution is -0.150. The molecule has 20 heavy (non-hydrogen) atoms. The summed E-state index contributed by atoms with van der Waals surface area (Å²) in [5, 5.41) is 12.7. The van der Waals surface area contributed by atoms with E-state index in [9.17, 15) is 14.7 Å². The van der Waals surface area contributed by atoms with Crippen molar-refractivity contribution in [3.05, 3.63) is 0 Å². The van der Waals surface area contributed by atoms with Gasteiger partial charge in [-0.3, -0.25) is 4.79 Å². The van der Waals surface area contributed by atoms with Crippen molar-refractivity contribution in [1.82, 2.24) is 10.2 Å². The summed E-state index contributed by atoms with van der Waals surface area (Å²) in [6.07, 6.45) is 4.31. The standard InChI is InChI=1S/C14H22N2O3S/c1-2-11-16(10(7-20-11)14(18)19)13(17)12-9-5-3-4-8(9)6-15-12/h8-12,15H,2-7H2,1H3,(H,18,19). The number of nitrogens with one attached hydrogen (secondary N) is 1. The summed E-state index contributed by atoms with van der Waals surface area (Å²) < 4.78 is 0. The van der Waals surface area contributed by atoms with Crippen LogP contribution < -0.4 is 5.32 Å². The zero-order chi connectivity index (χ0) is 14.3. The molecule has 6 heteroatoms. The largest absolute Gasteiger partial charge is 0.480 e. The van der Waals surface area contributed by atoms with E-state index in [1.807, 2.05) is 6.92 Å². The summed E-state index contributed by atoms with van der Waals surface area (Å²) in [6, 6.07) is -0.809. The van der Waals surface area contributed by atoms with Crippen molar-refractivity contribution in [2.75, 3.05) is 12.3 Å². The number of thioether (sulfide) groups is 1. The van der Waals surface area contributed by atoms with Gasteiger partial charge in [0.25, 0.3) is 0 Å². The molecule has 2 aliphatic heterocycles. The van der Waals surface area contributed by atoms with Gasteiger partial charge in [-0.05, 0) is 37.6 Å². The van der Waals surface area contributed by atoms with Gasteiger partial charge >= 0.3 is 5.97 Å². The van der Waals surface area contributed by atoms with Crippen LogP contribution in [0.3, 0.4) is 0 Å². The van der Waals surface area contributed by atoms with Gasteiger partial charge in [-0.15, -0.1) is 11.8 Å². The Morgan fingerprint density at radius 2 is 2.20 bits per heavy atom. The average Bonchev–Trinajstić information content (AvgIpc) is 3.11. The second kappa shape index (κ2) is 5.56. The van der Waals surface area contributed by atoms with Crippen LogP contribution in [0.5, 0.6) is 0 Å². The zero-order valence-electron chi connectivity index (χ0n) is 11.7. The molecule has 112 valence electrons. The zero-order valence-corrected chi connectivity index (χ0v) is 12.6. The molecule has 3 fully saturated rings. The molecule has 2 heterocycles. The topological polar surface area (TPSA) is 69.6 Å². The van der Waals surface area contributed by atoms with E-state index >= 15 is 0 Å². The van der Waals surface area contributed by atoms with Crippen LogP contribution >= 0.6 is 11.8 Å². The van der Waals surface area contributed by atoms with Gasteiger partial charge < -0.3 is 15.3 Å². The molecule has 0 spiro atoms. The molecule has 5 atom stereocenters. The van der Waals surface area contributed by atoms with Crippen LogP contribution in [0.15, 0.2) is 0 Å². The van der Waals surface area contributed by atoms with E-state index in [0.29, 0.717) is 17.6 Å². The lowest BCUT2D eigenvalue weighted by atomic mass is 9.93. The number of aliphatic carboxylic acids is 1. The monoisotopic (exact) mass is 298 g/mol. The Kier molecular flexibility index (Phi) is 3.95. The second-order valence-corrected chi connectivity index (χ2v) is 7.25. The molecule has 0 aromatic rings. The number of hydrogen-bond donors (Lipinski definition) is 2. The van der Waals surface area contributed by atoms with E-state index in [-0.39, 0.29) is 17.3 Å². The molecule has 3 aliphatic rings. The van der Waals surface area contributed by atoms with Crippen molar-refractivity contribution in [2.45, 2.75) is 50.1 Å². The Bertz CT molecular complexity index is 417. The Hall–Kier alpha value is -0.750. The maximum Gasteiger partial charge on any atom is 0.327 e. The molecule has 0 bridgehead atoms. The first-order chi connectivity index (χ1) is 9.63. The van der Waals surface area contributed by atoms with Gasteiger partial charge in [0, 0.05) is 5.75 Å². The van der Waals surface area contributed by atoms with Crippen molar-refractivity contribution in [2.24, 2.45) is 11.8 Å². The smallest absolute Gasteiger partial charge is 0.327 e. The van der Waals surface area contributed by atoms with Gasteiger partial charge in [0.05, 0.1) is 11.4 Å². The number of amides is 1. The number of carboxylic acids is 1. The summed E-state index contributed by atoms with van der Waals surface area (Å²) in [7, 11) is 0. The SMILES string of the molecule is CCC1SCC(C(=O)O)N1C(=O)C1NCC2CCCC21. The van der Waals surface area contributed by atoms with Crippen LogP contribution in [0.25, 0.3) is 0 Å². The van der Waals surface area contributed by atoms with Crippen LogP contribution in [0.4, 0.5) is 0 Å². The number of rotatable bonds is 3. The van der Waals surface area contributed by atoms with Gasteiger partial charge in [0.1, 0.15) is 6.04 Å². The van der Waals surface area contributed by atoms with Crippen molar-refractivity contribution >= 4 is 23.6 Å². The van der Waals surface area contributed by atoms with E-state index in [1.54, 1.807) is 16.7 Å². The predicted octanol–water partition coefficient (Wildman–Crippen LogP) is 1.14. The Labute approximate surface area is 123 Å². The highest BCUT2D eigenvalue weighted by atomic mass is 32.2. The molecule has 5 nitrogen and oxygen atoms in total. The van der Waals surface area contributed by atoms with E-state index < -0.39 is 12.0 Å². The highest BCUT2D eigenvalue weighted by Gasteiger charge is 2.48. The molecular formula is C14H22N2O3S. The van der Waals surface area contributed by atoms with E-state index in [2.05, 4.69) is 5.32 Å². The maximum atomic E-state index is 12.9.